The molecule has 0 unspecified atom stereocenters. The predicted octanol–water partition coefficient (Wildman–Crippen LogP) is 3.90. The summed E-state index contributed by atoms with van der Waals surface area (Å²) in [4.78, 5) is 0. The zero-order valence-electron chi connectivity index (χ0n) is 8.45. The standard InChI is InChI=1S/C12H16O/c1-12(2,3)9-5-4-7-11-8-6-10-13-11/h4-10H,1-3H3/b7-4+,9-5+. The molecule has 0 bridgehead atoms. The first kappa shape index (κ1) is 9.85. The zero-order valence-corrected chi connectivity index (χ0v) is 8.45. The molecule has 0 aliphatic carbocycles. The average molecular weight is 176 g/mol. The molecule has 0 N–H and O–H groups in total. The summed E-state index contributed by atoms with van der Waals surface area (Å²) in [5.74, 6) is 0.888. The third-order valence-corrected chi connectivity index (χ3v) is 1.51. The van der Waals surface area contributed by atoms with Crippen molar-refractivity contribution < 1.29 is 4.42 Å². The van der Waals surface area contributed by atoms with E-state index in [1.54, 1.807) is 6.26 Å². The summed E-state index contributed by atoms with van der Waals surface area (Å²) in [5.41, 5.74) is 0.244. The van der Waals surface area contributed by atoms with Gasteiger partial charge in [-0.1, -0.05) is 39.0 Å². The largest absolute Gasteiger partial charge is 0.465 e. The van der Waals surface area contributed by atoms with Crippen LogP contribution >= 0.6 is 0 Å². The van der Waals surface area contributed by atoms with Gasteiger partial charge >= 0.3 is 0 Å². The highest BCUT2D eigenvalue weighted by Gasteiger charge is 2.01. The Kier molecular flexibility index (Phi) is 3.13. The minimum absolute atomic E-state index is 0.244. The highest BCUT2D eigenvalue weighted by Crippen LogP contribution is 2.14. The maximum Gasteiger partial charge on any atom is 0.126 e. The molecule has 0 fully saturated rings. The van der Waals surface area contributed by atoms with Crippen LogP contribution in [0.3, 0.4) is 0 Å². The molecule has 70 valence electrons. The molecule has 1 rings (SSSR count). The van der Waals surface area contributed by atoms with Crippen LogP contribution in [0.5, 0.6) is 0 Å². The molecule has 1 heterocycles. The summed E-state index contributed by atoms with van der Waals surface area (Å²) in [7, 11) is 0. The van der Waals surface area contributed by atoms with Gasteiger partial charge in [-0.2, -0.15) is 0 Å². The molecule has 0 saturated heterocycles. The zero-order chi connectivity index (χ0) is 9.73. The van der Waals surface area contributed by atoms with Gasteiger partial charge in [-0.05, 0) is 23.6 Å². The lowest BCUT2D eigenvalue weighted by atomic mass is 9.96. The maximum atomic E-state index is 5.14. The molecule has 0 atom stereocenters. The SMILES string of the molecule is CC(C)(C)/C=C/C=C/c1ccco1. The number of hydrogen-bond donors (Lipinski definition) is 0. The minimum Gasteiger partial charge on any atom is -0.465 e. The van der Waals surface area contributed by atoms with Gasteiger partial charge in [0.2, 0.25) is 0 Å². The molecule has 13 heavy (non-hydrogen) atoms. The molecular formula is C12H16O. The lowest BCUT2D eigenvalue weighted by molar-refractivity contribution is 0.544. The normalized spacial score (nSPS) is 13.2. The molecule has 0 saturated carbocycles. The molecule has 0 radical (unpaired) electrons. The van der Waals surface area contributed by atoms with E-state index in [9.17, 15) is 0 Å². The van der Waals surface area contributed by atoms with E-state index < -0.39 is 0 Å². The van der Waals surface area contributed by atoms with Gasteiger partial charge in [0.05, 0.1) is 6.26 Å². The Balaban J connectivity index is 2.47. The predicted molar refractivity (Wildman–Crippen MR) is 56.3 cm³/mol. The van der Waals surface area contributed by atoms with Gasteiger partial charge in [-0.25, -0.2) is 0 Å². The fourth-order valence-corrected chi connectivity index (χ4v) is 0.881. The van der Waals surface area contributed by atoms with Gasteiger partial charge in [0, 0.05) is 0 Å². The van der Waals surface area contributed by atoms with E-state index in [1.165, 1.54) is 0 Å². The van der Waals surface area contributed by atoms with Gasteiger partial charge in [-0.15, -0.1) is 0 Å². The molecule has 0 aliphatic heterocycles. The summed E-state index contributed by atoms with van der Waals surface area (Å²) < 4.78 is 5.14. The van der Waals surface area contributed by atoms with Crippen LogP contribution in [-0.2, 0) is 0 Å². The second kappa shape index (κ2) is 4.13. The highest BCUT2D eigenvalue weighted by atomic mass is 16.3. The van der Waals surface area contributed by atoms with E-state index in [0.29, 0.717) is 0 Å². The van der Waals surface area contributed by atoms with Crippen LogP contribution in [0.4, 0.5) is 0 Å². The van der Waals surface area contributed by atoms with Gasteiger partial charge in [0.1, 0.15) is 5.76 Å². The number of allylic oxidation sites excluding steroid dienone is 3. The van der Waals surface area contributed by atoms with Crippen LogP contribution in [0.1, 0.15) is 26.5 Å². The fourth-order valence-electron chi connectivity index (χ4n) is 0.881. The van der Waals surface area contributed by atoms with E-state index in [-0.39, 0.29) is 5.41 Å². The second-order valence-electron chi connectivity index (χ2n) is 4.10. The highest BCUT2D eigenvalue weighted by molar-refractivity contribution is 5.44. The molecule has 0 aromatic carbocycles. The first-order valence-electron chi connectivity index (χ1n) is 4.47. The van der Waals surface area contributed by atoms with Crippen LogP contribution in [0.25, 0.3) is 6.08 Å². The topological polar surface area (TPSA) is 13.1 Å². The molecule has 0 amide bonds. The third kappa shape index (κ3) is 4.36. The summed E-state index contributed by atoms with van der Waals surface area (Å²) in [6, 6.07) is 3.81. The van der Waals surface area contributed by atoms with Crippen LogP contribution in [0.15, 0.2) is 41.0 Å². The summed E-state index contributed by atoms with van der Waals surface area (Å²) in [6.45, 7) is 6.51. The summed E-state index contributed by atoms with van der Waals surface area (Å²) in [5, 5.41) is 0. The van der Waals surface area contributed by atoms with Crippen molar-refractivity contribution in [1.82, 2.24) is 0 Å². The smallest absolute Gasteiger partial charge is 0.126 e. The Morgan fingerprint density at radius 1 is 1.23 bits per heavy atom. The number of hydrogen-bond acceptors (Lipinski definition) is 1. The van der Waals surface area contributed by atoms with Gasteiger partial charge in [-0.3, -0.25) is 0 Å². The molecule has 1 heteroatoms. The monoisotopic (exact) mass is 176 g/mol. The van der Waals surface area contributed by atoms with Crippen molar-refractivity contribution in [2.45, 2.75) is 20.8 Å². The Morgan fingerprint density at radius 3 is 2.54 bits per heavy atom. The fraction of sp³-hybridized carbons (Fsp3) is 0.333. The molecule has 0 spiro atoms. The lowest BCUT2D eigenvalue weighted by Crippen LogP contribution is -1.97. The Bertz CT molecular complexity index is 283. The molecular weight excluding hydrogens is 160 g/mol. The lowest BCUT2D eigenvalue weighted by Gasteiger charge is -2.09. The number of rotatable bonds is 2. The third-order valence-electron chi connectivity index (χ3n) is 1.51. The van der Waals surface area contributed by atoms with Crippen LogP contribution in [-0.4, -0.2) is 0 Å². The Labute approximate surface area is 79.8 Å². The van der Waals surface area contributed by atoms with Gasteiger partial charge < -0.3 is 4.42 Å². The van der Waals surface area contributed by atoms with Crippen molar-refractivity contribution >= 4 is 6.08 Å². The van der Waals surface area contributed by atoms with Crippen LogP contribution < -0.4 is 0 Å². The van der Waals surface area contributed by atoms with E-state index >= 15 is 0 Å². The quantitative estimate of drug-likeness (QED) is 0.623. The first-order valence-corrected chi connectivity index (χ1v) is 4.47. The molecule has 1 aromatic heterocycles. The molecule has 1 aromatic rings. The van der Waals surface area contributed by atoms with Crippen molar-refractivity contribution in [3.8, 4) is 0 Å². The Morgan fingerprint density at radius 2 is 2.00 bits per heavy atom. The van der Waals surface area contributed by atoms with E-state index in [1.807, 2.05) is 30.4 Å². The van der Waals surface area contributed by atoms with Crippen LogP contribution in [0, 0.1) is 5.41 Å². The van der Waals surface area contributed by atoms with Gasteiger partial charge in [0.15, 0.2) is 0 Å². The van der Waals surface area contributed by atoms with E-state index in [2.05, 4.69) is 26.8 Å². The summed E-state index contributed by atoms with van der Waals surface area (Å²) >= 11 is 0. The molecule has 0 aliphatic rings. The van der Waals surface area contributed by atoms with Crippen molar-refractivity contribution in [3.05, 3.63) is 42.4 Å². The van der Waals surface area contributed by atoms with E-state index in [0.717, 1.165) is 5.76 Å². The maximum absolute atomic E-state index is 5.14. The minimum atomic E-state index is 0.244. The van der Waals surface area contributed by atoms with Crippen LogP contribution in [0.2, 0.25) is 0 Å². The second-order valence-corrected chi connectivity index (χ2v) is 4.10. The summed E-state index contributed by atoms with van der Waals surface area (Å²) in [6.07, 6.45) is 9.81. The number of furan rings is 1. The van der Waals surface area contributed by atoms with Crippen molar-refractivity contribution in [1.29, 1.82) is 0 Å². The van der Waals surface area contributed by atoms with E-state index in [4.69, 9.17) is 4.42 Å². The Hall–Kier alpha value is -1.24. The average Bonchev–Trinajstić information content (AvgIpc) is 2.48. The van der Waals surface area contributed by atoms with Crippen molar-refractivity contribution in [2.24, 2.45) is 5.41 Å². The van der Waals surface area contributed by atoms with Crippen molar-refractivity contribution in [3.63, 3.8) is 0 Å². The molecule has 1 nitrogen and oxygen atoms in total. The van der Waals surface area contributed by atoms with Crippen molar-refractivity contribution in [2.75, 3.05) is 0 Å². The van der Waals surface area contributed by atoms with Gasteiger partial charge in [0.25, 0.3) is 0 Å². The first-order chi connectivity index (χ1) is 6.08.